The van der Waals surface area contributed by atoms with Crippen LogP contribution in [-0.2, 0) is 4.74 Å². The predicted molar refractivity (Wildman–Crippen MR) is 81.1 cm³/mol. The van der Waals surface area contributed by atoms with E-state index in [1.807, 2.05) is 25.7 Å². The fourth-order valence-electron chi connectivity index (χ4n) is 2.72. The number of ether oxygens (including phenoxy) is 1. The number of likely N-dealkylation sites (tertiary alicyclic amines) is 1. The Balaban J connectivity index is 2.06. The second-order valence-electron chi connectivity index (χ2n) is 6.70. The summed E-state index contributed by atoms with van der Waals surface area (Å²) in [6.07, 6.45) is 0.828. The topological polar surface area (TPSA) is 29.5 Å². The van der Waals surface area contributed by atoms with E-state index in [0.717, 1.165) is 19.5 Å². The first-order valence-electron chi connectivity index (χ1n) is 7.32. The van der Waals surface area contributed by atoms with Crippen LogP contribution in [-0.4, -0.2) is 29.7 Å². The molecule has 20 heavy (non-hydrogen) atoms. The van der Waals surface area contributed by atoms with Gasteiger partial charge < -0.3 is 9.64 Å². The number of rotatable bonds is 1. The van der Waals surface area contributed by atoms with Gasteiger partial charge in [0.25, 0.3) is 0 Å². The standard InChI is InChI=1S/C17H25NO2/c1-12-7-6-8-15(13(12)2)14-9-10-18(11-14)16(19)20-17(3,4)5/h6-8,14H,9-11H2,1-5H3. The zero-order chi connectivity index (χ0) is 14.9. The molecule has 1 fully saturated rings. The molecule has 0 spiro atoms. The molecular formula is C17H25NO2. The van der Waals surface area contributed by atoms with Crippen molar-refractivity contribution in [1.82, 2.24) is 4.90 Å². The summed E-state index contributed by atoms with van der Waals surface area (Å²) in [5.41, 5.74) is 3.62. The molecular weight excluding hydrogens is 250 g/mol. The fraction of sp³-hybridized carbons (Fsp3) is 0.588. The molecule has 2 rings (SSSR count). The van der Waals surface area contributed by atoms with Crippen LogP contribution >= 0.6 is 0 Å². The lowest BCUT2D eigenvalue weighted by Gasteiger charge is -2.24. The lowest BCUT2D eigenvalue weighted by molar-refractivity contribution is 0.0292. The van der Waals surface area contributed by atoms with Crippen molar-refractivity contribution < 1.29 is 9.53 Å². The monoisotopic (exact) mass is 275 g/mol. The molecule has 0 aromatic heterocycles. The van der Waals surface area contributed by atoms with E-state index in [2.05, 4.69) is 32.0 Å². The van der Waals surface area contributed by atoms with Gasteiger partial charge in [-0.05, 0) is 57.7 Å². The van der Waals surface area contributed by atoms with Crippen LogP contribution in [0.1, 0.15) is 49.8 Å². The van der Waals surface area contributed by atoms with Crippen molar-refractivity contribution >= 4 is 6.09 Å². The van der Waals surface area contributed by atoms with Gasteiger partial charge in [-0.25, -0.2) is 4.79 Å². The van der Waals surface area contributed by atoms with Gasteiger partial charge in [0.15, 0.2) is 0 Å². The third-order valence-electron chi connectivity index (χ3n) is 3.93. The normalized spacial score (nSPS) is 19.2. The number of carbonyl (C=O) groups excluding carboxylic acids is 1. The van der Waals surface area contributed by atoms with Crippen molar-refractivity contribution in [3.63, 3.8) is 0 Å². The summed E-state index contributed by atoms with van der Waals surface area (Å²) in [6, 6.07) is 6.43. The average Bonchev–Trinajstić information content (AvgIpc) is 2.80. The van der Waals surface area contributed by atoms with Crippen LogP contribution in [0.25, 0.3) is 0 Å². The van der Waals surface area contributed by atoms with Crippen molar-refractivity contribution in [2.24, 2.45) is 0 Å². The zero-order valence-corrected chi connectivity index (χ0v) is 13.2. The van der Waals surface area contributed by atoms with Gasteiger partial charge in [0.1, 0.15) is 5.60 Å². The molecule has 1 amide bonds. The molecule has 0 bridgehead atoms. The van der Waals surface area contributed by atoms with Crippen molar-refractivity contribution in [3.05, 3.63) is 34.9 Å². The van der Waals surface area contributed by atoms with Gasteiger partial charge in [-0.2, -0.15) is 0 Å². The van der Waals surface area contributed by atoms with Gasteiger partial charge in [0.2, 0.25) is 0 Å². The third-order valence-corrected chi connectivity index (χ3v) is 3.93. The molecule has 1 aliphatic rings. The Bertz CT molecular complexity index is 502. The van der Waals surface area contributed by atoms with E-state index < -0.39 is 5.60 Å². The Morgan fingerprint density at radius 2 is 2.00 bits per heavy atom. The number of benzene rings is 1. The SMILES string of the molecule is Cc1cccc(C2CCN(C(=O)OC(C)(C)C)C2)c1C. The summed E-state index contributed by atoms with van der Waals surface area (Å²) in [4.78, 5) is 13.9. The molecule has 3 nitrogen and oxygen atoms in total. The smallest absolute Gasteiger partial charge is 0.410 e. The highest BCUT2D eigenvalue weighted by molar-refractivity contribution is 5.68. The summed E-state index contributed by atoms with van der Waals surface area (Å²) in [5.74, 6) is 0.433. The number of hydrogen-bond donors (Lipinski definition) is 0. The van der Waals surface area contributed by atoms with Crippen molar-refractivity contribution in [3.8, 4) is 0 Å². The van der Waals surface area contributed by atoms with Gasteiger partial charge in [0.05, 0.1) is 0 Å². The molecule has 1 aliphatic heterocycles. The molecule has 0 radical (unpaired) electrons. The summed E-state index contributed by atoms with van der Waals surface area (Å²) in [7, 11) is 0. The minimum atomic E-state index is -0.422. The van der Waals surface area contributed by atoms with Gasteiger partial charge >= 0.3 is 6.09 Å². The summed E-state index contributed by atoms with van der Waals surface area (Å²) in [6.45, 7) is 11.6. The fourth-order valence-corrected chi connectivity index (χ4v) is 2.72. The van der Waals surface area contributed by atoms with Gasteiger partial charge in [0, 0.05) is 19.0 Å². The molecule has 1 saturated heterocycles. The lowest BCUT2D eigenvalue weighted by atomic mass is 9.92. The maximum atomic E-state index is 12.1. The Labute approximate surface area is 121 Å². The molecule has 110 valence electrons. The van der Waals surface area contributed by atoms with Crippen LogP contribution < -0.4 is 0 Å². The number of amides is 1. The number of hydrogen-bond acceptors (Lipinski definition) is 2. The highest BCUT2D eigenvalue weighted by Gasteiger charge is 2.31. The third kappa shape index (κ3) is 3.33. The molecule has 1 aromatic rings. The minimum absolute atomic E-state index is 0.190. The first-order valence-corrected chi connectivity index (χ1v) is 7.32. The van der Waals surface area contributed by atoms with Crippen molar-refractivity contribution in [1.29, 1.82) is 0 Å². The maximum Gasteiger partial charge on any atom is 0.410 e. The summed E-state index contributed by atoms with van der Waals surface area (Å²) >= 11 is 0. The Kier molecular flexibility index (Phi) is 4.07. The van der Waals surface area contributed by atoms with Crippen LogP contribution in [0.2, 0.25) is 0 Å². The molecule has 1 unspecified atom stereocenters. The molecule has 0 saturated carbocycles. The first kappa shape index (κ1) is 14.9. The largest absolute Gasteiger partial charge is 0.444 e. The summed E-state index contributed by atoms with van der Waals surface area (Å²) < 4.78 is 5.45. The number of aryl methyl sites for hydroxylation is 1. The van der Waals surface area contributed by atoms with Crippen LogP contribution in [0.3, 0.4) is 0 Å². The van der Waals surface area contributed by atoms with Gasteiger partial charge in [-0.3, -0.25) is 0 Å². The Hall–Kier alpha value is -1.51. The minimum Gasteiger partial charge on any atom is -0.444 e. The average molecular weight is 275 g/mol. The molecule has 0 aliphatic carbocycles. The second-order valence-corrected chi connectivity index (χ2v) is 6.70. The van der Waals surface area contributed by atoms with Crippen LogP contribution in [0.15, 0.2) is 18.2 Å². The molecule has 3 heteroatoms. The van der Waals surface area contributed by atoms with Crippen molar-refractivity contribution in [2.45, 2.75) is 52.6 Å². The Morgan fingerprint density at radius 3 is 2.65 bits per heavy atom. The van der Waals surface area contributed by atoms with Crippen LogP contribution in [0, 0.1) is 13.8 Å². The van der Waals surface area contributed by atoms with Crippen LogP contribution in [0.4, 0.5) is 4.79 Å². The number of nitrogens with zero attached hydrogens (tertiary/aromatic N) is 1. The highest BCUT2D eigenvalue weighted by atomic mass is 16.6. The molecule has 1 aromatic carbocycles. The highest BCUT2D eigenvalue weighted by Crippen LogP contribution is 2.31. The van der Waals surface area contributed by atoms with E-state index in [1.54, 1.807) is 0 Å². The summed E-state index contributed by atoms with van der Waals surface area (Å²) in [5, 5.41) is 0. The van der Waals surface area contributed by atoms with Crippen molar-refractivity contribution in [2.75, 3.05) is 13.1 Å². The molecule has 1 heterocycles. The van der Waals surface area contributed by atoms with Gasteiger partial charge in [-0.1, -0.05) is 18.2 Å². The Morgan fingerprint density at radius 1 is 1.30 bits per heavy atom. The van der Waals surface area contributed by atoms with Gasteiger partial charge in [-0.15, -0.1) is 0 Å². The van der Waals surface area contributed by atoms with E-state index in [9.17, 15) is 4.79 Å². The number of carbonyl (C=O) groups is 1. The van der Waals surface area contributed by atoms with E-state index in [1.165, 1.54) is 16.7 Å². The molecule has 1 atom stereocenters. The first-order chi connectivity index (χ1) is 9.28. The lowest BCUT2D eigenvalue weighted by Crippen LogP contribution is -2.35. The van der Waals surface area contributed by atoms with E-state index in [-0.39, 0.29) is 6.09 Å². The van der Waals surface area contributed by atoms with E-state index in [0.29, 0.717) is 5.92 Å². The molecule has 0 N–H and O–H groups in total. The zero-order valence-electron chi connectivity index (χ0n) is 13.2. The van der Waals surface area contributed by atoms with E-state index >= 15 is 0 Å². The van der Waals surface area contributed by atoms with E-state index in [4.69, 9.17) is 4.74 Å². The van der Waals surface area contributed by atoms with Crippen LogP contribution in [0.5, 0.6) is 0 Å². The quantitative estimate of drug-likeness (QED) is 0.774. The maximum absolute atomic E-state index is 12.1. The second kappa shape index (κ2) is 5.47. The predicted octanol–water partition coefficient (Wildman–Crippen LogP) is 4.03.